The second kappa shape index (κ2) is 7.06. The Morgan fingerprint density at radius 3 is 2.76 bits per heavy atom. The van der Waals surface area contributed by atoms with Crippen LogP contribution in [0.25, 0.3) is 10.8 Å². The molecule has 112 valence electrons. The predicted molar refractivity (Wildman–Crippen MR) is 90.5 cm³/mol. The summed E-state index contributed by atoms with van der Waals surface area (Å²) in [5.74, 6) is 0. The van der Waals surface area contributed by atoms with E-state index >= 15 is 0 Å². The third-order valence-corrected chi connectivity index (χ3v) is 4.50. The molecule has 0 radical (unpaired) electrons. The van der Waals surface area contributed by atoms with Gasteiger partial charge in [0.25, 0.3) is 0 Å². The van der Waals surface area contributed by atoms with E-state index in [0.29, 0.717) is 6.04 Å². The molecule has 1 unspecified atom stereocenters. The maximum absolute atomic E-state index is 3.55. The van der Waals surface area contributed by atoms with Gasteiger partial charge in [-0.2, -0.15) is 0 Å². The highest BCUT2D eigenvalue weighted by atomic mass is 15.2. The minimum Gasteiger partial charge on any atom is -0.315 e. The Kier molecular flexibility index (Phi) is 4.89. The van der Waals surface area contributed by atoms with Crippen molar-refractivity contribution in [3.63, 3.8) is 0 Å². The lowest BCUT2D eigenvalue weighted by Gasteiger charge is -2.34. The Morgan fingerprint density at radius 1 is 1.14 bits per heavy atom. The zero-order chi connectivity index (χ0) is 14.5. The molecule has 2 aromatic rings. The first-order valence-electron chi connectivity index (χ1n) is 8.29. The molecule has 21 heavy (non-hydrogen) atoms. The van der Waals surface area contributed by atoms with Crippen LogP contribution in [0.5, 0.6) is 0 Å². The largest absolute Gasteiger partial charge is 0.315 e. The minimum absolute atomic E-state index is 0.699. The van der Waals surface area contributed by atoms with Crippen LogP contribution in [0.1, 0.15) is 31.7 Å². The van der Waals surface area contributed by atoms with E-state index in [-0.39, 0.29) is 0 Å². The molecule has 0 aliphatic carbocycles. The van der Waals surface area contributed by atoms with Gasteiger partial charge in [0.1, 0.15) is 0 Å². The fourth-order valence-electron chi connectivity index (χ4n) is 3.39. The molecule has 1 aliphatic rings. The average Bonchev–Trinajstić information content (AvgIpc) is 2.55. The summed E-state index contributed by atoms with van der Waals surface area (Å²) in [5.41, 5.74) is 1.44. The average molecular weight is 282 g/mol. The Balaban J connectivity index is 1.76. The van der Waals surface area contributed by atoms with Gasteiger partial charge in [0.15, 0.2) is 0 Å². The van der Waals surface area contributed by atoms with E-state index in [4.69, 9.17) is 0 Å². The summed E-state index contributed by atoms with van der Waals surface area (Å²) in [6.07, 6.45) is 3.87. The molecule has 1 fully saturated rings. The Morgan fingerprint density at radius 2 is 2.00 bits per heavy atom. The van der Waals surface area contributed by atoms with Crippen molar-refractivity contribution in [1.29, 1.82) is 0 Å². The van der Waals surface area contributed by atoms with Crippen molar-refractivity contribution in [2.75, 3.05) is 19.6 Å². The second-order valence-electron chi connectivity index (χ2n) is 6.15. The molecule has 2 nitrogen and oxygen atoms in total. The minimum atomic E-state index is 0.699. The molecule has 0 saturated carbocycles. The van der Waals surface area contributed by atoms with Crippen molar-refractivity contribution in [2.45, 2.75) is 38.8 Å². The van der Waals surface area contributed by atoms with E-state index in [1.807, 2.05) is 0 Å². The molecule has 2 heteroatoms. The van der Waals surface area contributed by atoms with E-state index in [1.165, 1.54) is 48.7 Å². The van der Waals surface area contributed by atoms with Gasteiger partial charge in [0.2, 0.25) is 0 Å². The van der Waals surface area contributed by atoms with Crippen LogP contribution in [0, 0.1) is 0 Å². The SMILES string of the molecule is CCCN(Cc1ccc2ccccc2c1)C1CCCNC1. The molecule has 1 aliphatic heterocycles. The summed E-state index contributed by atoms with van der Waals surface area (Å²) in [4.78, 5) is 2.66. The molecule has 1 N–H and O–H groups in total. The van der Waals surface area contributed by atoms with Crippen molar-refractivity contribution in [1.82, 2.24) is 10.2 Å². The fraction of sp³-hybridized carbons (Fsp3) is 0.474. The van der Waals surface area contributed by atoms with Crippen molar-refractivity contribution in [3.8, 4) is 0 Å². The number of nitrogens with zero attached hydrogens (tertiary/aromatic N) is 1. The smallest absolute Gasteiger partial charge is 0.0237 e. The van der Waals surface area contributed by atoms with Crippen molar-refractivity contribution < 1.29 is 0 Å². The number of hydrogen-bond acceptors (Lipinski definition) is 2. The second-order valence-corrected chi connectivity index (χ2v) is 6.15. The predicted octanol–water partition coefficient (Wildman–Crippen LogP) is 3.80. The Labute approximate surface area is 128 Å². The van der Waals surface area contributed by atoms with Crippen LogP contribution in [0.15, 0.2) is 42.5 Å². The van der Waals surface area contributed by atoms with Crippen LogP contribution < -0.4 is 5.32 Å². The molecular formula is C19H26N2. The summed E-state index contributed by atoms with van der Waals surface area (Å²) in [6, 6.07) is 16.2. The lowest BCUT2D eigenvalue weighted by Crippen LogP contribution is -2.45. The number of benzene rings is 2. The van der Waals surface area contributed by atoms with Crippen molar-refractivity contribution in [2.24, 2.45) is 0 Å². The Hall–Kier alpha value is -1.38. The highest BCUT2D eigenvalue weighted by molar-refractivity contribution is 5.82. The standard InChI is InChI=1S/C19H26N2/c1-2-12-21(19-8-5-11-20-14-19)15-16-9-10-17-6-3-4-7-18(17)13-16/h3-4,6-7,9-10,13,19-20H,2,5,8,11-12,14-15H2,1H3. The van der Waals surface area contributed by atoms with Crippen LogP contribution in [-0.2, 0) is 6.54 Å². The highest BCUT2D eigenvalue weighted by Gasteiger charge is 2.20. The van der Waals surface area contributed by atoms with E-state index in [1.54, 1.807) is 0 Å². The van der Waals surface area contributed by atoms with E-state index in [2.05, 4.69) is 59.6 Å². The van der Waals surface area contributed by atoms with Gasteiger partial charge in [-0.15, -0.1) is 0 Å². The number of rotatable bonds is 5. The molecule has 3 rings (SSSR count). The van der Waals surface area contributed by atoms with Gasteiger partial charge < -0.3 is 5.32 Å². The lowest BCUT2D eigenvalue weighted by atomic mass is 10.0. The molecule has 0 aromatic heterocycles. The molecule has 1 heterocycles. The van der Waals surface area contributed by atoms with Gasteiger partial charge >= 0.3 is 0 Å². The van der Waals surface area contributed by atoms with Gasteiger partial charge in [-0.25, -0.2) is 0 Å². The number of nitrogens with one attached hydrogen (secondary N) is 1. The maximum Gasteiger partial charge on any atom is 0.0237 e. The summed E-state index contributed by atoms with van der Waals surface area (Å²) < 4.78 is 0. The zero-order valence-corrected chi connectivity index (χ0v) is 13.0. The Bertz CT molecular complexity index is 573. The zero-order valence-electron chi connectivity index (χ0n) is 13.0. The molecule has 2 aromatic carbocycles. The summed E-state index contributed by atoms with van der Waals surface area (Å²) in [7, 11) is 0. The molecule has 0 bridgehead atoms. The van der Waals surface area contributed by atoms with Gasteiger partial charge in [-0.1, -0.05) is 43.3 Å². The van der Waals surface area contributed by atoms with E-state index in [9.17, 15) is 0 Å². The monoisotopic (exact) mass is 282 g/mol. The van der Waals surface area contributed by atoms with Crippen LogP contribution >= 0.6 is 0 Å². The molecule has 1 atom stereocenters. The maximum atomic E-state index is 3.55. The first kappa shape index (κ1) is 14.6. The summed E-state index contributed by atoms with van der Waals surface area (Å²) >= 11 is 0. The van der Waals surface area contributed by atoms with Crippen molar-refractivity contribution >= 4 is 10.8 Å². The lowest BCUT2D eigenvalue weighted by molar-refractivity contribution is 0.158. The van der Waals surface area contributed by atoms with Gasteiger partial charge in [-0.05, 0) is 54.8 Å². The molecule has 0 amide bonds. The molecular weight excluding hydrogens is 256 g/mol. The molecule has 0 spiro atoms. The molecule has 1 saturated heterocycles. The van der Waals surface area contributed by atoms with E-state index < -0.39 is 0 Å². The van der Waals surface area contributed by atoms with Gasteiger partial charge in [0, 0.05) is 19.1 Å². The third kappa shape index (κ3) is 3.63. The van der Waals surface area contributed by atoms with Crippen LogP contribution in [0.2, 0.25) is 0 Å². The van der Waals surface area contributed by atoms with Gasteiger partial charge in [0.05, 0.1) is 0 Å². The first-order chi connectivity index (χ1) is 10.4. The van der Waals surface area contributed by atoms with Crippen LogP contribution in [0.3, 0.4) is 0 Å². The number of fused-ring (bicyclic) bond motifs is 1. The number of hydrogen-bond donors (Lipinski definition) is 1. The fourth-order valence-corrected chi connectivity index (χ4v) is 3.39. The first-order valence-corrected chi connectivity index (χ1v) is 8.29. The summed E-state index contributed by atoms with van der Waals surface area (Å²) in [6.45, 7) is 6.88. The number of piperidine rings is 1. The summed E-state index contributed by atoms with van der Waals surface area (Å²) in [5, 5.41) is 6.24. The van der Waals surface area contributed by atoms with Crippen LogP contribution in [-0.4, -0.2) is 30.6 Å². The highest BCUT2D eigenvalue weighted by Crippen LogP contribution is 2.19. The normalized spacial score (nSPS) is 19.2. The van der Waals surface area contributed by atoms with E-state index in [0.717, 1.165) is 13.1 Å². The topological polar surface area (TPSA) is 15.3 Å². The van der Waals surface area contributed by atoms with Crippen molar-refractivity contribution in [3.05, 3.63) is 48.0 Å². The van der Waals surface area contributed by atoms with Gasteiger partial charge in [-0.3, -0.25) is 4.90 Å². The third-order valence-electron chi connectivity index (χ3n) is 4.50. The quantitative estimate of drug-likeness (QED) is 0.897. The van der Waals surface area contributed by atoms with Crippen LogP contribution in [0.4, 0.5) is 0 Å².